The second kappa shape index (κ2) is 8.55. The standard InChI is InChI=1S/C22H24N2O5S/c1-29-17-4-2-15(3-5-17)18-6-7-19-16-8-14(10-24(19)22(18)28)9-23(11-16)20(25)12-30-13-21(26)27/h2-7,14,16H,8-13H2,1H3,(H,26,27). The topological polar surface area (TPSA) is 88.8 Å². The summed E-state index contributed by atoms with van der Waals surface area (Å²) in [6, 6.07) is 11.4. The molecule has 158 valence electrons. The van der Waals surface area contributed by atoms with Crippen LogP contribution in [0, 0.1) is 5.92 Å². The number of ether oxygens (including phenoxy) is 1. The molecule has 1 amide bonds. The van der Waals surface area contributed by atoms with Crippen molar-refractivity contribution < 1.29 is 19.4 Å². The molecule has 2 aromatic rings. The third kappa shape index (κ3) is 4.09. The van der Waals surface area contributed by atoms with Crippen LogP contribution >= 0.6 is 11.8 Å². The first-order valence-electron chi connectivity index (χ1n) is 9.91. The molecule has 2 unspecified atom stereocenters. The number of likely N-dealkylation sites (tertiary alicyclic amines) is 1. The van der Waals surface area contributed by atoms with Crippen molar-refractivity contribution in [1.82, 2.24) is 9.47 Å². The van der Waals surface area contributed by atoms with Gasteiger partial charge in [0, 0.05) is 36.8 Å². The molecule has 3 heterocycles. The van der Waals surface area contributed by atoms with Gasteiger partial charge >= 0.3 is 5.97 Å². The van der Waals surface area contributed by atoms with Crippen molar-refractivity contribution in [2.75, 3.05) is 31.7 Å². The predicted octanol–water partition coefficient (Wildman–Crippen LogP) is 2.29. The van der Waals surface area contributed by atoms with E-state index < -0.39 is 5.97 Å². The van der Waals surface area contributed by atoms with Gasteiger partial charge in [-0.3, -0.25) is 14.4 Å². The van der Waals surface area contributed by atoms with Crippen molar-refractivity contribution in [3.63, 3.8) is 0 Å². The lowest BCUT2D eigenvalue weighted by molar-refractivity contribution is -0.133. The number of nitrogens with zero attached hydrogens (tertiary/aromatic N) is 2. The number of carboxylic acid groups (broad SMARTS) is 1. The maximum Gasteiger partial charge on any atom is 0.313 e. The van der Waals surface area contributed by atoms with Crippen molar-refractivity contribution in [2.24, 2.45) is 5.92 Å². The zero-order valence-corrected chi connectivity index (χ0v) is 17.6. The number of carbonyl (C=O) groups is 2. The Balaban J connectivity index is 1.54. The van der Waals surface area contributed by atoms with E-state index in [2.05, 4.69) is 0 Å². The molecule has 2 aliphatic rings. The zero-order chi connectivity index (χ0) is 21.3. The Morgan fingerprint density at radius 2 is 1.87 bits per heavy atom. The van der Waals surface area contributed by atoms with E-state index in [0.717, 1.165) is 35.2 Å². The molecule has 0 spiro atoms. The van der Waals surface area contributed by atoms with Crippen LogP contribution in [0.15, 0.2) is 41.2 Å². The largest absolute Gasteiger partial charge is 0.497 e. The van der Waals surface area contributed by atoms with Crippen LogP contribution in [0.4, 0.5) is 0 Å². The number of hydrogen-bond donors (Lipinski definition) is 1. The van der Waals surface area contributed by atoms with Gasteiger partial charge < -0.3 is 19.3 Å². The number of carbonyl (C=O) groups excluding carboxylic acids is 1. The molecule has 0 radical (unpaired) electrons. The molecule has 0 aliphatic carbocycles. The normalized spacial score (nSPS) is 19.8. The highest BCUT2D eigenvalue weighted by Crippen LogP contribution is 2.36. The van der Waals surface area contributed by atoms with Crippen LogP contribution in [0.5, 0.6) is 5.75 Å². The number of piperidine rings is 1. The van der Waals surface area contributed by atoms with Gasteiger partial charge in [0.2, 0.25) is 5.91 Å². The van der Waals surface area contributed by atoms with Gasteiger partial charge in [0.1, 0.15) is 5.75 Å². The molecule has 30 heavy (non-hydrogen) atoms. The van der Waals surface area contributed by atoms with Crippen LogP contribution in [-0.4, -0.2) is 58.2 Å². The quantitative estimate of drug-likeness (QED) is 0.760. The minimum atomic E-state index is -0.913. The first-order chi connectivity index (χ1) is 14.5. The summed E-state index contributed by atoms with van der Waals surface area (Å²) < 4.78 is 7.07. The molecule has 1 aromatic heterocycles. The average molecular weight is 429 g/mol. The molecule has 2 atom stereocenters. The second-order valence-corrected chi connectivity index (χ2v) is 8.79. The number of pyridine rings is 1. The molecule has 4 rings (SSSR count). The van der Waals surface area contributed by atoms with Gasteiger partial charge in [-0.25, -0.2) is 0 Å². The van der Waals surface area contributed by atoms with Crippen LogP contribution in [-0.2, 0) is 16.1 Å². The summed E-state index contributed by atoms with van der Waals surface area (Å²) in [5, 5.41) is 8.75. The number of aliphatic carboxylic acids is 1. The fourth-order valence-electron chi connectivity index (χ4n) is 4.46. The Kier molecular flexibility index (Phi) is 5.85. The van der Waals surface area contributed by atoms with E-state index in [-0.39, 0.29) is 34.8 Å². The van der Waals surface area contributed by atoms with Crippen molar-refractivity contribution >= 4 is 23.6 Å². The average Bonchev–Trinajstić information content (AvgIpc) is 2.74. The molecule has 2 aliphatic heterocycles. The maximum atomic E-state index is 13.2. The molecule has 1 aromatic carbocycles. The van der Waals surface area contributed by atoms with E-state index in [0.29, 0.717) is 25.2 Å². The Morgan fingerprint density at radius 3 is 2.57 bits per heavy atom. The van der Waals surface area contributed by atoms with Crippen molar-refractivity contribution in [2.45, 2.75) is 18.9 Å². The molecule has 1 N–H and O–H groups in total. The highest BCUT2D eigenvalue weighted by Gasteiger charge is 2.36. The minimum absolute atomic E-state index is 0.00385. The molecule has 7 nitrogen and oxygen atoms in total. The van der Waals surface area contributed by atoms with Crippen LogP contribution < -0.4 is 10.3 Å². The van der Waals surface area contributed by atoms with Gasteiger partial charge in [0.25, 0.3) is 5.56 Å². The SMILES string of the molecule is COc1ccc(-c2ccc3n(c2=O)CC2CC3CN(C(=O)CSCC(=O)O)C2)cc1. The first-order valence-corrected chi connectivity index (χ1v) is 11.1. The fraction of sp³-hybridized carbons (Fsp3) is 0.409. The number of thioether (sulfide) groups is 1. The van der Waals surface area contributed by atoms with E-state index in [1.807, 2.05) is 45.9 Å². The third-order valence-corrected chi connectivity index (χ3v) is 6.71. The summed E-state index contributed by atoms with van der Waals surface area (Å²) in [6.45, 7) is 1.78. The minimum Gasteiger partial charge on any atom is -0.497 e. The van der Waals surface area contributed by atoms with Gasteiger partial charge in [-0.1, -0.05) is 12.1 Å². The molecule has 1 saturated heterocycles. The Bertz CT molecular complexity index is 1020. The summed E-state index contributed by atoms with van der Waals surface area (Å²) in [4.78, 5) is 38.2. The van der Waals surface area contributed by atoms with Crippen molar-refractivity contribution in [3.8, 4) is 16.9 Å². The van der Waals surface area contributed by atoms with E-state index in [4.69, 9.17) is 9.84 Å². The molecule has 8 heteroatoms. The second-order valence-electron chi connectivity index (χ2n) is 7.80. The third-order valence-electron chi connectivity index (χ3n) is 5.81. The lowest BCUT2D eigenvalue weighted by atomic mass is 9.82. The maximum absolute atomic E-state index is 13.2. The zero-order valence-electron chi connectivity index (χ0n) is 16.7. The first kappa shape index (κ1) is 20.5. The Hall–Kier alpha value is -2.74. The molecule has 1 fully saturated rings. The number of amides is 1. The number of aromatic nitrogens is 1. The highest BCUT2D eigenvalue weighted by molar-refractivity contribution is 8.00. The number of methoxy groups -OCH3 is 1. The van der Waals surface area contributed by atoms with E-state index in [1.165, 1.54) is 0 Å². The summed E-state index contributed by atoms with van der Waals surface area (Å²) in [5.74, 6) is 0.272. The number of rotatable bonds is 6. The van der Waals surface area contributed by atoms with Crippen LogP contribution in [0.2, 0.25) is 0 Å². The number of hydrogen-bond acceptors (Lipinski definition) is 5. The Morgan fingerprint density at radius 1 is 1.10 bits per heavy atom. The lowest BCUT2D eigenvalue weighted by Crippen LogP contribution is -2.49. The van der Waals surface area contributed by atoms with Crippen LogP contribution in [0.1, 0.15) is 18.0 Å². The molecular weight excluding hydrogens is 404 g/mol. The van der Waals surface area contributed by atoms with Gasteiger partial charge in [-0.15, -0.1) is 11.8 Å². The van der Waals surface area contributed by atoms with Gasteiger partial charge in [-0.2, -0.15) is 0 Å². The lowest BCUT2D eigenvalue weighted by Gasteiger charge is -2.43. The van der Waals surface area contributed by atoms with Crippen molar-refractivity contribution in [1.29, 1.82) is 0 Å². The smallest absolute Gasteiger partial charge is 0.313 e. The monoisotopic (exact) mass is 428 g/mol. The Labute approximate surface area is 178 Å². The van der Waals surface area contributed by atoms with Crippen LogP contribution in [0.3, 0.4) is 0 Å². The summed E-state index contributed by atoms with van der Waals surface area (Å²) in [6.07, 6.45) is 0.966. The summed E-state index contributed by atoms with van der Waals surface area (Å²) in [5.41, 5.74) is 2.51. The van der Waals surface area contributed by atoms with Crippen molar-refractivity contribution in [3.05, 3.63) is 52.4 Å². The summed E-state index contributed by atoms with van der Waals surface area (Å²) >= 11 is 1.13. The number of carboxylic acids is 1. The number of benzene rings is 1. The molecule has 0 saturated carbocycles. The van der Waals surface area contributed by atoms with E-state index in [1.54, 1.807) is 7.11 Å². The van der Waals surface area contributed by atoms with Gasteiger partial charge in [0.15, 0.2) is 0 Å². The van der Waals surface area contributed by atoms with E-state index in [9.17, 15) is 14.4 Å². The van der Waals surface area contributed by atoms with Gasteiger partial charge in [-0.05, 0) is 42.2 Å². The predicted molar refractivity (Wildman–Crippen MR) is 115 cm³/mol. The molecular formula is C22H24N2O5S. The van der Waals surface area contributed by atoms with Gasteiger partial charge in [0.05, 0.1) is 18.6 Å². The highest BCUT2D eigenvalue weighted by atomic mass is 32.2. The van der Waals surface area contributed by atoms with E-state index >= 15 is 0 Å². The van der Waals surface area contributed by atoms with Crippen LogP contribution in [0.25, 0.3) is 11.1 Å². The summed E-state index contributed by atoms with van der Waals surface area (Å²) in [7, 11) is 1.61. The number of fused-ring (bicyclic) bond motifs is 4. The molecule has 2 bridgehead atoms. The fourth-order valence-corrected chi connectivity index (χ4v) is 5.09.